The highest BCUT2D eigenvalue weighted by Crippen LogP contribution is 2.35. The first kappa shape index (κ1) is 27.9. The first-order valence-electron chi connectivity index (χ1n) is 12.9. The highest BCUT2D eigenvalue weighted by Gasteiger charge is 2.36. The molecule has 0 bridgehead atoms. The van der Waals surface area contributed by atoms with Crippen molar-refractivity contribution in [3.63, 3.8) is 0 Å². The lowest BCUT2D eigenvalue weighted by molar-refractivity contribution is 0.122. The minimum absolute atomic E-state index is 0.268. The van der Waals surface area contributed by atoms with Crippen LogP contribution in [0.25, 0.3) is 0 Å². The molecule has 1 fully saturated rings. The lowest BCUT2D eigenvalue weighted by Crippen LogP contribution is -2.57. The monoisotopic (exact) mass is 463 g/mol. The molecule has 0 aliphatic carbocycles. The molecule has 2 heterocycles. The zero-order valence-electron chi connectivity index (χ0n) is 21.5. The van der Waals surface area contributed by atoms with Gasteiger partial charge in [-0.1, -0.05) is 12.8 Å². The molecule has 33 heavy (non-hydrogen) atoms. The summed E-state index contributed by atoms with van der Waals surface area (Å²) in [6.07, 6.45) is 11.7. The normalized spacial score (nSPS) is 17.8. The summed E-state index contributed by atoms with van der Waals surface area (Å²) in [5, 5.41) is 13.9. The largest absolute Gasteiger partial charge is 0.354 e. The van der Waals surface area contributed by atoms with Crippen LogP contribution >= 0.6 is 0 Å². The molecule has 6 N–H and O–H groups in total. The van der Waals surface area contributed by atoms with Crippen molar-refractivity contribution in [2.24, 2.45) is 5.92 Å². The molecule has 9 nitrogen and oxygen atoms in total. The predicted octanol–water partition coefficient (Wildman–Crippen LogP) is 2.06. The Balaban J connectivity index is 1.28. The van der Waals surface area contributed by atoms with Gasteiger partial charge < -0.3 is 21.3 Å². The number of nitrogens with zero attached hydrogens (tertiary/aromatic N) is 3. The van der Waals surface area contributed by atoms with Gasteiger partial charge in [0, 0.05) is 43.8 Å². The number of piperidine rings is 1. The molecule has 190 valence electrons. The first-order valence-corrected chi connectivity index (χ1v) is 12.9. The van der Waals surface area contributed by atoms with E-state index < -0.39 is 0 Å². The van der Waals surface area contributed by atoms with Crippen LogP contribution in [0.1, 0.15) is 72.6 Å². The Hall–Kier alpha value is -1.39. The lowest BCUT2D eigenvalue weighted by atomic mass is 9.74. The van der Waals surface area contributed by atoms with E-state index in [0.29, 0.717) is 5.95 Å². The van der Waals surface area contributed by atoms with E-state index >= 15 is 0 Å². The average molecular weight is 464 g/mol. The summed E-state index contributed by atoms with van der Waals surface area (Å²) in [5.41, 5.74) is 7.27. The first-order chi connectivity index (χ1) is 15.9. The van der Waals surface area contributed by atoms with Gasteiger partial charge >= 0.3 is 0 Å². The standard InChI is InChI=1S/C24H49N9/c1-23(2)17-21(18-24(3,4)33-23)9-5-6-13-31-32-14-8-11-26-16-15-25-10-7-12-28-22-29-19-27-20-30-22/h19-21,25-26,31-33H,5-18H2,1-4H3,(H,27,28,29,30). The number of nitrogens with one attached hydrogen (secondary N) is 6. The van der Waals surface area contributed by atoms with Gasteiger partial charge in [-0.2, -0.15) is 0 Å². The fraction of sp³-hybridized carbons (Fsp3) is 0.875. The van der Waals surface area contributed by atoms with E-state index in [1.165, 1.54) is 44.8 Å². The highest BCUT2D eigenvalue weighted by atomic mass is 15.3. The molecule has 0 radical (unpaired) electrons. The Morgan fingerprint density at radius 2 is 1.33 bits per heavy atom. The molecule has 0 saturated carbocycles. The highest BCUT2D eigenvalue weighted by molar-refractivity contribution is 5.19. The maximum Gasteiger partial charge on any atom is 0.225 e. The molecule has 1 aliphatic rings. The molecule has 1 aromatic heterocycles. The third-order valence-corrected chi connectivity index (χ3v) is 6.00. The number of hydrogen-bond acceptors (Lipinski definition) is 9. The van der Waals surface area contributed by atoms with E-state index in [-0.39, 0.29) is 11.1 Å². The van der Waals surface area contributed by atoms with E-state index in [2.05, 4.69) is 74.8 Å². The van der Waals surface area contributed by atoms with Gasteiger partial charge in [0.25, 0.3) is 0 Å². The van der Waals surface area contributed by atoms with Gasteiger partial charge in [0.2, 0.25) is 5.95 Å². The molecule has 9 heteroatoms. The zero-order chi connectivity index (χ0) is 23.8. The Morgan fingerprint density at radius 1 is 0.758 bits per heavy atom. The topological polar surface area (TPSA) is 111 Å². The van der Waals surface area contributed by atoms with Crippen LogP contribution in [-0.4, -0.2) is 71.8 Å². The molecule has 0 spiro atoms. The van der Waals surface area contributed by atoms with E-state index in [9.17, 15) is 0 Å². The van der Waals surface area contributed by atoms with Crippen molar-refractivity contribution < 1.29 is 0 Å². The minimum Gasteiger partial charge on any atom is -0.354 e. The van der Waals surface area contributed by atoms with E-state index in [4.69, 9.17) is 0 Å². The fourth-order valence-electron chi connectivity index (χ4n) is 5.03. The number of aromatic nitrogens is 3. The SMILES string of the molecule is CC1(C)CC(CCCCNNCCCNCCNCCCNc2ncncn2)CC(C)(C)N1. The van der Waals surface area contributed by atoms with E-state index in [1.807, 2.05) is 0 Å². The molecule has 2 rings (SSSR count). The van der Waals surface area contributed by atoms with Crippen molar-refractivity contribution in [1.29, 1.82) is 0 Å². The van der Waals surface area contributed by atoms with Gasteiger partial charge in [0.1, 0.15) is 12.7 Å². The van der Waals surface area contributed by atoms with Gasteiger partial charge in [0.15, 0.2) is 0 Å². The number of anilines is 1. The average Bonchev–Trinajstić information content (AvgIpc) is 2.74. The lowest BCUT2D eigenvalue weighted by Gasteiger charge is -2.46. The van der Waals surface area contributed by atoms with Crippen molar-refractivity contribution >= 4 is 5.95 Å². The smallest absolute Gasteiger partial charge is 0.225 e. The van der Waals surface area contributed by atoms with Gasteiger partial charge in [-0.15, -0.1) is 0 Å². The van der Waals surface area contributed by atoms with Crippen LogP contribution in [0.5, 0.6) is 0 Å². The molecule has 1 aliphatic heterocycles. The van der Waals surface area contributed by atoms with E-state index in [1.54, 1.807) is 0 Å². The van der Waals surface area contributed by atoms with Crippen molar-refractivity contribution in [2.75, 3.05) is 51.1 Å². The number of hydrogen-bond donors (Lipinski definition) is 6. The van der Waals surface area contributed by atoms with Crippen LogP contribution in [0.3, 0.4) is 0 Å². The van der Waals surface area contributed by atoms with Crippen LogP contribution in [0.4, 0.5) is 5.95 Å². The predicted molar refractivity (Wildman–Crippen MR) is 137 cm³/mol. The van der Waals surface area contributed by atoms with Crippen LogP contribution in [0, 0.1) is 5.92 Å². The summed E-state index contributed by atoms with van der Waals surface area (Å²) in [4.78, 5) is 11.9. The molecular formula is C24H49N9. The van der Waals surface area contributed by atoms with Gasteiger partial charge in [-0.3, -0.25) is 10.9 Å². The van der Waals surface area contributed by atoms with Crippen LogP contribution < -0.4 is 32.1 Å². The molecular weight excluding hydrogens is 414 g/mol. The molecule has 1 aromatic rings. The Kier molecular flexibility index (Phi) is 13.1. The summed E-state index contributed by atoms with van der Waals surface area (Å²) >= 11 is 0. The number of rotatable bonds is 18. The summed E-state index contributed by atoms with van der Waals surface area (Å²) in [7, 11) is 0. The van der Waals surface area contributed by atoms with E-state index in [0.717, 1.165) is 64.6 Å². The van der Waals surface area contributed by atoms with Crippen molar-refractivity contribution in [2.45, 2.75) is 83.7 Å². The second kappa shape index (κ2) is 15.5. The fourth-order valence-corrected chi connectivity index (χ4v) is 5.03. The Morgan fingerprint density at radius 3 is 1.97 bits per heavy atom. The molecule has 0 atom stereocenters. The van der Waals surface area contributed by atoms with Gasteiger partial charge in [0.05, 0.1) is 0 Å². The number of unbranched alkanes of at least 4 members (excludes halogenated alkanes) is 1. The molecule has 0 unspecified atom stereocenters. The van der Waals surface area contributed by atoms with Gasteiger partial charge in [-0.05, 0) is 78.8 Å². The second-order valence-electron chi connectivity index (χ2n) is 10.6. The Bertz CT molecular complexity index is 593. The molecule has 0 aromatic carbocycles. The van der Waals surface area contributed by atoms with Crippen LogP contribution in [0.2, 0.25) is 0 Å². The molecule has 1 saturated heterocycles. The summed E-state index contributed by atoms with van der Waals surface area (Å²) < 4.78 is 0. The molecule has 0 amide bonds. The third-order valence-electron chi connectivity index (χ3n) is 6.00. The maximum absolute atomic E-state index is 4.04. The van der Waals surface area contributed by atoms with Crippen LogP contribution in [0.15, 0.2) is 12.7 Å². The summed E-state index contributed by atoms with van der Waals surface area (Å²) in [6, 6.07) is 0. The summed E-state index contributed by atoms with van der Waals surface area (Å²) in [5.74, 6) is 1.49. The van der Waals surface area contributed by atoms with Crippen molar-refractivity contribution in [3.05, 3.63) is 12.7 Å². The minimum atomic E-state index is 0.268. The number of hydrazine groups is 1. The quantitative estimate of drug-likeness (QED) is 0.144. The second-order valence-corrected chi connectivity index (χ2v) is 10.6. The van der Waals surface area contributed by atoms with Gasteiger partial charge in [-0.25, -0.2) is 15.0 Å². The van der Waals surface area contributed by atoms with Crippen LogP contribution in [-0.2, 0) is 0 Å². The van der Waals surface area contributed by atoms with Crippen molar-refractivity contribution in [3.8, 4) is 0 Å². The van der Waals surface area contributed by atoms with Crippen molar-refractivity contribution in [1.82, 2.24) is 41.8 Å². The Labute approximate surface area is 201 Å². The third kappa shape index (κ3) is 13.8. The summed E-state index contributed by atoms with van der Waals surface area (Å²) in [6.45, 7) is 16.3. The zero-order valence-corrected chi connectivity index (χ0v) is 21.5. The maximum atomic E-state index is 4.04.